The van der Waals surface area contributed by atoms with E-state index in [1.165, 1.54) is 11.0 Å². The molecule has 0 fully saturated rings. The normalized spacial score (nSPS) is 10.9. The minimum Gasteiger partial charge on any atom is -0.387 e. The Bertz CT molecular complexity index is 886. The number of imidazole rings is 1. The molecule has 0 amide bonds. The third-order valence-corrected chi connectivity index (χ3v) is 4.79. The minimum absolute atomic E-state index is 0.199. The molecule has 24 heavy (non-hydrogen) atoms. The van der Waals surface area contributed by atoms with Gasteiger partial charge in [0.1, 0.15) is 11.6 Å². The zero-order chi connectivity index (χ0) is 17.3. The van der Waals surface area contributed by atoms with Crippen LogP contribution in [0.2, 0.25) is 0 Å². The van der Waals surface area contributed by atoms with Crippen LogP contribution in [-0.2, 0) is 0 Å². The van der Waals surface area contributed by atoms with Gasteiger partial charge in [-0.2, -0.15) is 0 Å². The van der Waals surface area contributed by atoms with Gasteiger partial charge in [0.25, 0.3) is 0 Å². The van der Waals surface area contributed by atoms with Crippen LogP contribution in [0.4, 0.5) is 10.1 Å². The fourth-order valence-electron chi connectivity index (χ4n) is 2.75. The number of anilines is 1. The number of thioether (sulfide) groups is 1. The van der Waals surface area contributed by atoms with Gasteiger partial charge in [0, 0.05) is 28.8 Å². The van der Waals surface area contributed by atoms with E-state index < -0.39 is 0 Å². The van der Waals surface area contributed by atoms with Gasteiger partial charge in [0.05, 0.1) is 11.4 Å². The van der Waals surface area contributed by atoms with Crippen molar-refractivity contribution in [3.8, 4) is 22.5 Å². The summed E-state index contributed by atoms with van der Waals surface area (Å²) in [5.41, 5.74) is 5.50. The fourth-order valence-corrected chi connectivity index (χ4v) is 3.39. The molecule has 0 bridgehead atoms. The van der Waals surface area contributed by atoms with Crippen molar-refractivity contribution in [1.29, 1.82) is 0 Å². The van der Waals surface area contributed by atoms with Crippen molar-refractivity contribution < 1.29 is 4.39 Å². The number of rotatable bonds is 4. The van der Waals surface area contributed by atoms with Gasteiger partial charge in [0.2, 0.25) is 0 Å². The molecule has 0 saturated carbocycles. The summed E-state index contributed by atoms with van der Waals surface area (Å²) < 4.78 is 13.6. The summed E-state index contributed by atoms with van der Waals surface area (Å²) in [6, 6.07) is 11.4. The van der Waals surface area contributed by atoms with Gasteiger partial charge in [-0.05, 0) is 56.0 Å². The van der Waals surface area contributed by atoms with E-state index in [1.54, 1.807) is 24.8 Å². The molecule has 0 spiro atoms. The monoisotopic (exact) mass is 341 g/mol. The number of benzene rings is 2. The topological polar surface area (TPSA) is 40.7 Å². The average molecular weight is 341 g/mol. The highest BCUT2D eigenvalue weighted by molar-refractivity contribution is 7.98. The first-order valence-corrected chi connectivity index (χ1v) is 8.95. The number of H-pyrrole nitrogens is 1. The standard InChI is InChI=1S/C19H20FN3S/c1-11-9-13(5-7-15(11)20)18-19(23-12(2)22-18)14-6-8-16(21-3)17(10-14)24-4/h5-10,21H,1-4H3,(H,22,23). The lowest BCUT2D eigenvalue weighted by Crippen LogP contribution is -1.92. The van der Waals surface area contributed by atoms with Crippen LogP contribution in [0.3, 0.4) is 0 Å². The van der Waals surface area contributed by atoms with Crippen molar-refractivity contribution in [1.82, 2.24) is 9.97 Å². The molecule has 3 nitrogen and oxygen atoms in total. The average Bonchev–Trinajstić information content (AvgIpc) is 2.98. The molecule has 0 aliphatic heterocycles. The quantitative estimate of drug-likeness (QED) is 0.636. The number of aryl methyl sites for hydroxylation is 2. The molecule has 124 valence electrons. The molecular formula is C19H20FN3S. The predicted molar refractivity (Wildman–Crippen MR) is 100 cm³/mol. The molecule has 0 unspecified atom stereocenters. The summed E-state index contributed by atoms with van der Waals surface area (Å²) in [6.07, 6.45) is 2.06. The van der Waals surface area contributed by atoms with Gasteiger partial charge in [-0.15, -0.1) is 11.8 Å². The van der Waals surface area contributed by atoms with E-state index >= 15 is 0 Å². The number of aromatic nitrogens is 2. The maximum absolute atomic E-state index is 13.6. The van der Waals surface area contributed by atoms with Crippen LogP contribution in [0.15, 0.2) is 41.3 Å². The molecule has 3 rings (SSSR count). The van der Waals surface area contributed by atoms with Gasteiger partial charge in [-0.3, -0.25) is 0 Å². The molecule has 1 heterocycles. The van der Waals surface area contributed by atoms with Crippen LogP contribution in [0, 0.1) is 19.7 Å². The number of halogens is 1. The van der Waals surface area contributed by atoms with Crippen molar-refractivity contribution in [2.45, 2.75) is 18.7 Å². The van der Waals surface area contributed by atoms with Crippen LogP contribution in [0.1, 0.15) is 11.4 Å². The Kier molecular flexibility index (Phi) is 4.62. The van der Waals surface area contributed by atoms with E-state index in [4.69, 9.17) is 0 Å². The summed E-state index contributed by atoms with van der Waals surface area (Å²) >= 11 is 1.70. The number of hydrogen-bond donors (Lipinski definition) is 2. The second-order valence-electron chi connectivity index (χ2n) is 5.67. The Hall–Kier alpha value is -2.27. The maximum atomic E-state index is 13.6. The lowest BCUT2D eigenvalue weighted by molar-refractivity contribution is 0.619. The summed E-state index contributed by atoms with van der Waals surface area (Å²) in [6.45, 7) is 3.70. The number of nitrogens with zero attached hydrogens (tertiary/aromatic N) is 1. The Morgan fingerprint density at radius 2 is 1.83 bits per heavy atom. The van der Waals surface area contributed by atoms with E-state index in [1.807, 2.05) is 20.0 Å². The summed E-state index contributed by atoms with van der Waals surface area (Å²) in [4.78, 5) is 9.14. The Labute approximate surface area is 145 Å². The first-order chi connectivity index (χ1) is 11.5. The third kappa shape index (κ3) is 3.04. The van der Waals surface area contributed by atoms with Crippen LogP contribution < -0.4 is 5.32 Å². The second kappa shape index (κ2) is 6.69. The molecule has 0 aliphatic rings. The molecule has 0 aliphatic carbocycles. The Morgan fingerprint density at radius 3 is 2.50 bits per heavy atom. The molecule has 3 aromatic rings. The van der Waals surface area contributed by atoms with E-state index in [9.17, 15) is 4.39 Å². The smallest absolute Gasteiger partial charge is 0.126 e. The zero-order valence-corrected chi connectivity index (χ0v) is 15.0. The lowest BCUT2D eigenvalue weighted by Gasteiger charge is -2.10. The van der Waals surface area contributed by atoms with E-state index in [-0.39, 0.29) is 5.82 Å². The Balaban J connectivity index is 2.14. The van der Waals surface area contributed by atoms with Gasteiger partial charge >= 0.3 is 0 Å². The van der Waals surface area contributed by atoms with Crippen LogP contribution in [0.25, 0.3) is 22.5 Å². The number of nitrogens with one attached hydrogen (secondary N) is 2. The lowest BCUT2D eigenvalue weighted by atomic mass is 10.0. The Morgan fingerprint density at radius 1 is 1.08 bits per heavy atom. The number of hydrogen-bond acceptors (Lipinski definition) is 3. The van der Waals surface area contributed by atoms with Crippen molar-refractivity contribution in [2.24, 2.45) is 0 Å². The van der Waals surface area contributed by atoms with E-state index in [0.717, 1.165) is 34.0 Å². The van der Waals surface area contributed by atoms with Gasteiger partial charge < -0.3 is 10.3 Å². The zero-order valence-electron chi connectivity index (χ0n) is 14.2. The molecule has 5 heteroatoms. The van der Waals surface area contributed by atoms with Gasteiger partial charge in [-0.1, -0.05) is 6.07 Å². The molecule has 0 saturated heterocycles. The van der Waals surface area contributed by atoms with E-state index in [2.05, 4.69) is 39.7 Å². The molecule has 2 aromatic carbocycles. The predicted octanol–water partition coefficient (Wildman–Crippen LogP) is 5.26. The SMILES string of the molecule is CNc1ccc(-c2[nH]c(C)nc2-c2ccc(F)c(C)c2)cc1SC. The van der Waals surface area contributed by atoms with Crippen molar-refractivity contribution >= 4 is 17.4 Å². The molecule has 1 aromatic heterocycles. The highest BCUT2D eigenvalue weighted by Gasteiger charge is 2.15. The number of aromatic amines is 1. The van der Waals surface area contributed by atoms with Crippen molar-refractivity contribution in [3.63, 3.8) is 0 Å². The second-order valence-corrected chi connectivity index (χ2v) is 6.52. The molecule has 0 radical (unpaired) electrons. The van der Waals surface area contributed by atoms with Crippen LogP contribution in [-0.4, -0.2) is 23.3 Å². The van der Waals surface area contributed by atoms with Crippen LogP contribution >= 0.6 is 11.8 Å². The summed E-state index contributed by atoms with van der Waals surface area (Å²) in [7, 11) is 1.92. The minimum atomic E-state index is -0.199. The third-order valence-electron chi connectivity index (χ3n) is 4.01. The maximum Gasteiger partial charge on any atom is 0.126 e. The van der Waals surface area contributed by atoms with Crippen molar-refractivity contribution in [3.05, 3.63) is 53.6 Å². The molecule has 2 N–H and O–H groups in total. The largest absolute Gasteiger partial charge is 0.387 e. The molecule has 0 atom stereocenters. The van der Waals surface area contributed by atoms with E-state index in [0.29, 0.717) is 5.56 Å². The van der Waals surface area contributed by atoms with Crippen LogP contribution in [0.5, 0.6) is 0 Å². The summed E-state index contributed by atoms with van der Waals surface area (Å²) in [5.74, 6) is 0.640. The van der Waals surface area contributed by atoms with Gasteiger partial charge in [-0.25, -0.2) is 9.37 Å². The van der Waals surface area contributed by atoms with Gasteiger partial charge in [0.15, 0.2) is 0 Å². The van der Waals surface area contributed by atoms with Crippen molar-refractivity contribution in [2.75, 3.05) is 18.6 Å². The highest BCUT2D eigenvalue weighted by Crippen LogP contribution is 2.35. The first-order valence-electron chi connectivity index (χ1n) is 7.72. The summed E-state index contributed by atoms with van der Waals surface area (Å²) in [5, 5.41) is 3.20. The first kappa shape index (κ1) is 16.6. The fraction of sp³-hybridized carbons (Fsp3) is 0.211. The molecular weight excluding hydrogens is 321 g/mol. The highest BCUT2D eigenvalue weighted by atomic mass is 32.2.